The molecule has 0 aliphatic carbocycles. The molecule has 0 fully saturated rings. The van der Waals surface area contributed by atoms with Crippen molar-refractivity contribution >= 4 is 31.9 Å². The molecule has 0 heterocycles. The molecule has 0 radical (unpaired) electrons. The molecule has 2 aromatic carbocycles. The molecule has 0 spiro atoms. The summed E-state index contributed by atoms with van der Waals surface area (Å²) in [6, 6.07) is 8.52. The first-order valence-corrected chi connectivity index (χ1v) is 8.00. The van der Waals surface area contributed by atoms with E-state index in [0.29, 0.717) is 0 Å². The molecule has 112 valence electrons. The Morgan fingerprint density at radius 1 is 1.00 bits per heavy atom. The van der Waals surface area contributed by atoms with E-state index in [-0.39, 0.29) is 10.6 Å². The van der Waals surface area contributed by atoms with Crippen molar-refractivity contribution in [3.63, 3.8) is 0 Å². The highest BCUT2D eigenvalue weighted by molar-refractivity contribution is 9.10. The number of alkyl halides is 1. The average molecular weight is 418 g/mol. The number of aryl methyl sites for hydroxylation is 1. The smallest absolute Gasteiger partial charge is 0.133 e. The molecule has 1 unspecified atom stereocenters. The quantitative estimate of drug-likeness (QED) is 0.620. The standard InChI is InChI=1S/C16H15Br2FO2/c1-9-6-10(19)4-5-11(9)16(18)12-7-15(21-3)13(17)8-14(12)20-2/h4-8,16H,1-3H3. The van der Waals surface area contributed by atoms with Gasteiger partial charge in [0.05, 0.1) is 23.5 Å². The first-order chi connectivity index (χ1) is 9.97. The Morgan fingerprint density at radius 2 is 1.67 bits per heavy atom. The lowest BCUT2D eigenvalue weighted by Crippen LogP contribution is -2.01. The van der Waals surface area contributed by atoms with Gasteiger partial charge in [0.1, 0.15) is 17.3 Å². The van der Waals surface area contributed by atoms with Gasteiger partial charge in [0.25, 0.3) is 0 Å². The molecule has 0 saturated heterocycles. The molecule has 2 nitrogen and oxygen atoms in total. The van der Waals surface area contributed by atoms with E-state index in [2.05, 4.69) is 31.9 Å². The van der Waals surface area contributed by atoms with Crippen molar-refractivity contribution in [1.82, 2.24) is 0 Å². The Bertz CT molecular complexity index is 659. The first kappa shape index (κ1) is 16.3. The molecule has 0 aromatic heterocycles. The average Bonchev–Trinajstić information content (AvgIpc) is 2.46. The van der Waals surface area contributed by atoms with Crippen LogP contribution in [0, 0.1) is 12.7 Å². The van der Waals surface area contributed by atoms with E-state index in [1.165, 1.54) is 12.1 Å². The van der Waals surface area contributed by atoms with Crippen LogP contribution in [0.4, 0.5) is 4.39 Å². The van der Waals surface area contributed by atoms with Crippen LogP contribution < -0.4 is 9.47 Å². The monoisotopic (exact) mass is 416 g/mol. The molecule has 0 aliphatic heterocycles. The molecule has 2 aromatic rings. The maximum atomic E-state index is 13.3. The molecule has 0 saturated carbocycles. The van der Waals surface area contributed by atoms with E-state index < -0.39 is 0 Å². The Morgan fingerprint density at radius 3 is 2.24 bits per heavy atom. The van der Waals surface area contributed by atoms with Crippen molar-refractivity contribution < 1.29 is 13.9 Å². The molecular weight excluding hydrogens is 403 g/mol. The van der Waals surface area contributed by atoms with Gasteiger partial charge in [0, 0.05) is 5.56 Å². The molecular formula is C16H15Br2FO2. The van der Waals surface area contributed by atoms with Crippen molar-refractivity contribution in [2.24, 2.45) is 0 Å². The fourth-order valence-electron chi connectivity index (χ4n) is 2.17. The Hall–Kier alpha value is -1.07. The summed E-state index contributed by atoms with van der Waals surface area (Å²) < 4.78 is 24.9. The minimum atomic E-state index is -0.240. The highest BCUT2D eigenvalue weighted by Crippen LogP contribution is 2.42. The number of halogens is 3. The number of benzene rings is 2. The molecule has 0 N–H and O–H groups in total. The summed E-state index contributed by atoms with van der Waals surface area (Å²) in [7, 11) is 3.23. The zero-order valence-corrected chi connectivity index (χ0v) is 15.1. The highest BCUT2D eigenvalue weighted by atomic mass is 79.9. The lowest BCUT2D eigenvalue weighted by atomic mass is 9.99. The number of ether oxygens (including phenoxy) is 2. The highest BCUT2D eigenvalue weighted by Gasteiger charge is 2.20. The molecule has 0 amide bonds. The van der Waals surface area contributed by atoms with Crippen LogP contribution in [0.25, 0.3) is 0 Å². The second-order valence-electron chi connectivity index (χ2n) is 4.59. The van der Waals surface area contributed by atoms with Crippen LogP contribution in [-0.2, 0) is 0 Å². The number of hydrogen-bond donors (Lipinski definition) is 0. The summed E-state index contributed by atoms with van der Waals surface area (Å²) >= 11 is 7.12. The maximum absolute atomic E-state index is 13.3. The zero-order chi connectivity index (χ0) is 15.6. The summed E-state index contributed by atoms with van der Waals surface area (Å²) in [6.45, 7) is 1.88. The largest absolute Gasteiger partial charge is 0.496 e. The van der Waals surface area contributed by atoms with Gasteiger partial charge < -0.3 is 9.47 Å². The van der Waals surface area contributed by atoms with Gasteiger partial charge in [-0.05, 0) is 58.2 Å². The number of hydrogen-bond acceptors (Lipinski definition) is 2. The van der Waals surface area contributed by atoms with Gasteiger partial charge >= 0.3 is 0 Å². The third-order valence-corrected chi connectivity index (χ3v) is 4.89. The SMILES string of the molecule is COc1cc(C(Br)c2ccc(F)cc2C)c(OC)cc1Br. The summed E-state index contributed by atoms with van der Waals surface area (Å²) in [4.78, 5) is -0.116. The fraction of sp³-hybridized carbons (Fsp3) is 0.250. The second kappa shape index (κ2) is 6.79. The van der Waals surface area contributed by atoms with Gasteiger partial charge in [-0.1, -0.05) is 22.0 Å². The predicted octanol–water partition coefficient (Wildman–Crippen LogP) is 5.40. The van der Waals surface area contributed by atoms with Crippen LogP contribution in [0.1, 0.15) is 21.5 Å². The van der Waals surface area contributed by atoms with Crippen LogP contribution in [0.3, 0.4) is 0 Å². The van der Waals surface area contributed by atoms with E-state index in [1.807, 2.05) is 19.1 Å². The minimum absolute atomic E-state index is 0.116. The second-order valence-corrected chi connectivity index (χ2v) is 6.36. The van der Waals surface area contributed by atoms with E-state index in [4.69, 9.17) is 9.47 Å². The van der Waals surface area contributed by atoms with Crippen molar-refractivity contribution in [2.45, 2.75) is 11.8 Å². The van der Waals surface area contributed by atoms with Crippen molar-refractivity contribution in [1.29, 1.82) is 0 Å². The Kier molecular flexibility index (Phi) is 5.27. The van der Waals surface area contributed by atoms with Crippen molar-refractivity contribution in [3.8, 4) is 11.5 Å². The first-order valence-electron chi connectivity index (χ1n) is 6.29. The van der Waals surface area contributed by atoms with Crippen molar-refractivity contribution in [3.05, 3.63) is 57.3 Å². The van der Waals surface area contributed by atoms with E-state index in [1.54, 1.807) is 20.3 Å². The molecule has 21 heavy (non-hydrogen) atoms. The lowest BCUT2D eigenvalue weighted by Gasteiger charge is -2.18. The molecule has 0 bridgehead atoms. The van der Waals surface area contributed by atoms with Gasteiger partial charge in [-0.2, -0.15) is 0 Å². The van der Waals surface area contributed by atoms with Gasteiger partial charge in [-0.25, -0.2) is 4.39 Å². The minimum Gasteiger partial charge on any atom is -0.496 e. The number of methoxy groups -OCH3 is 2. The van der Waals surface area contributed by atoms with Gasteiger partial charge in [0.15, 0.2) is 0 Å². The molecule has 0 aliphatic rings. The summed E-state index contributed by atoms with van der Waals surface area (Å²) in [5.41, 5.74) is 2.78. The van der Waals surface area contributed by atoms with Gasteiger partial charge in [-0.3, -0.25) is 0 Å². The Balaban J connectivity index is 2.53. The van der Waals surface area contributed by atoms with Crippen LogP contribution in [0.15, 0.2) is 34.8 Å². The van der Waals surface area contributed by atoms with Crippen LogP contribution in [0.5, 0.6) is 11.5 Å². The van der Waals surface area contributed by atoms with Gasteiger partial charge in [0.2, 0.25) is 0 Å². The van der Waals surface area contributed by atoms with Crippen LogP contribution >= 0.6 is 31.9 Å². The molecule has 5 heteroatoms. The topological polar surface area (TPSA) is 18.5 Å². The summed E-state index contributed by atoms with van der Waals surface area (Å²) in [6.07, 6.45) is 0. The molecule has 1 atom stereocenters. The summed E-state index contributed by atoms with van der Waals surface area (Å²) in [5, 5.41) is 0. The maximum Gasteiger partial charge on any atom is 0.133 e. The zero-order valence-electron chi connectivity index (χ0n) is 11.9. The van der Waals surface area contributed by atoms with Crippen LogP contribution in [-0.4, -0.2) is 14.2 Å². The molecule has 2 rings (SSSR count). The fourth-order valence-corrected chi connectivity index (χ4v) is 3.53. The third-order valence-electron chi connectivity index (χ3n) is 3.28. The van der Waals surface area contributed by atoms with E-state index in [9.17, 15) is 4.39 Å². The Labute approximate surface area is 140 Å². The predicted molar refractivity (Wildman–Crippen MR) is 89.2 cm³/mol. The van der Waals surface area contributed by atoms with E-state index >= 15 is 0 Å². The summed E-state index contributed by atoms with van der Waals surface area (Å²) in [5.74, 6) is 1.21. The third kappa shape index (κ3) is 3.40. The van der Waals surface area contributed by atoms with Crippen molar-refractivity contribution in [2.75, 3.05) is 14.2 Å². The van der Waals surface area contributed by atoms with Crippen LogP contribution in [0.2, 0.25) is 0 Å². The van der Waals surface area contributed by atoms with Gasteiger partial charge in [-0.15, -0.1) is 0 Å². The lowest BCUT2D eigenvalue weighted by molar-refractivity contribution is 0.397. The van der Waals surface area contributed by atoms with E-state index in [0.717, 1.165) is 32.7 Å². The normalized spacial score (nSPS) is 12.1. The number of rotatable bonds is 4.